The number of carbonyl (C=O) groups excluding carboxylic acids is 1. The van der Waals surface area contributed by atoms with Crippen LogP contribution in [-0.2, 0) is 0 Å². The van der Waals surface area contributed by atoms with Crippen molar-refractivity contribution in [2.45, 2.75) is 24.8 Å². The van der Waals surface area contributed by atoms with E-state index >= 15 is 0 Å². The molecule has 0 saturated heterocycles. The van der Waals surface area contributed by atoms with E-state index < -0.39 is 0 Å². The van der Waals surface area contributed by atoms with Crippen LogP contribution in [0.15, 0.2) is 47.6 Å². The van der Waals surface area contributed by atoms with Crippen LogP contribution >= 0.6 is 11.8 Å². The van der Waals surface area contributed by atoms with Crippen molar-refractivity contribution in [3.8, 4) is 0 Å². The van der Waals surface area contributed by atoms with Crippen LogP contribution in [0.5, 0.6) is 0 Å². The molecule has 0 aliphatic heterocycles. The Bertz CT molecular complexity index is 576. The third-order valence-corrected chi connectivity index (χ3v) is 3.70. The molecular formula is C16H18N2OS. The van der Waals surface area contributed by atoms with Crippen molar-refractivity contribution < 1.29 is 4.79 Å². The summed E-state index contributed by atoms with van der Waals surface area (Å²) in [6.45, 7) is 4.27. The second-order valence-corrected chi connectivity index (χ2v) is 5.65. The summed E-state index contributed by atoms with van der Waals surface area (Å²) < 4.78 is 0. The minimum atomic E-state index is -0.112. The van der Waals surface area contributed by atoms with Crippen molar-refractivity contribution >= 4 is 23.4 Å². The normalized spacial score (nSPS) is 10.6. The van der Waals surface area contributed by atoms with Crippen molar-refractivity contribution in [2.75, 3.05) is 11.6 Å². The first-order chi connectivity index (χ1) is 9.60. The van der Waals surface area contributed by atoms with Crippen LogP contribution in [0, 0.1) is 0 Å². The van der Waals surface area contributed by atoms with Crippen molar-refractivity contribution in [1.29, 1.82) is 0 Å². The molecule has 1 heterocycles. The number of pyridine rings is 1. The highest BCUT2D eigenvalue weighted by molar-refractivity contribution is 7.98. The zero-order valence-electron chi connectivity index (χ0n) is 11.9. The maximum Gasteiger partial charge on any atom is 0.255 e. The Balaban J connectivity index is 2.07. The molecule has 0 saturated carbocycles. The molecule has 1 aromatic carbocycles. The highest BCUT2D eigenvalue weighted by Gasteiger charge is 2.07. The predicted molar refractivity (Wildman–Crippen MR) is 84.5 cm³/mol. The maximum atomic E-state index is 12.1. The van der Waals surface area contributed by atoms with Gasteiger partial charge in [0.05, 0.1) is 16.9 Å². The number of thioether (sulfide) groups is 1. The molecule has 0 bridgehead atoms. The van der Waals surface area contributed by atoms with Crippen LogP contribution in [0.3, 0.4) is 0 Å². The van der Waals surface area contributed by atoms with Crippen molar-refractivity contribution in [3.63, 3.8) is 0 Å². The Morgan fingerprint density at radius 1 is 1.15 bits per heavy atom. The van der Waals surface area contributed by atoms with Gasteiger partial charge in [-0.2, -0.15) is 0 Å². The van der Waals surface area contributed by atoms with E-state index in [1.165, 1.54) is 5.56 Å². The van der Waals surface area contributed by atoms with E-state index in [0.29, 0.717) is 17.2 Å². The van der Waals surface area contributed by atoms with Gasteiger partial charge in [0.1, 0.15) is 0 Å². The third kappa shape index (κ3) is 3.61. The van der Waals surface area contributed by atoms with E-state index in [-0.39, 0.29) is 5.91 Å². The van der Waals surface area contributed by atoms with Crippen LogP contribution in [0.1, 0.15) is 35.7 Å². The number of benzene rings is 1. The molecule has 4 heteroatoms. The van der Waals surface area contributed by atoms with Gasteiger partial charge in [-0.3, -0.25) is 4.79 Å². The van der Waals surface area contributed by atoms with Crippen LogP contribution in [0.25, 0.3) is 0 Å². The smallest absolute Gasteiger partial charge is 0.255 e. The summed E-state index contributed by atoms with van der Waals surface area (Å²) in [5.74, 6) is 0.356. The lowest BCUT2D eigenvalue weighted by molar-refractivity contribution is 0.102. The number of hydrogen-bond donors (Lipinski definition) is 1. The van der Waals surface area contributed by atoms with Crippen LogP contribution < -0.4 is 5.32 Å². The van der Waals surface area contributed by atoms with E-state index in [9.17, 15) is 4.79 Å². The first-order valence-electron chi connectivity index (χ1n) is 6.51. The van der Waals surface area contributed by atoms with Gasteiger partial charge in [0, 0.05) is 5.56 Å². The summed E-state index contributed by atoms with van der Waals surface area (Å²) in [7, 11) is 0. The molecule has 2 rings (SSSR count). The lowest BCUT2D eigenvalue weighted by atomic mass is 10.0. The number of carbonyl (C=O) groups is 1. The second-order valence-electron chi connectivity index (χ2n) is 4.82. The summed E-state index contributed by atoms with van der Waals surface area (Å²) in [5, 5.41) is 3.78. The van der Waals surface area contributed by atoms with Gasteiger partial charge in [0.15, 0.2) is 0 Å². The summed E-state index contributed by atoms with van der Waals surface area (Å²) in [4.78, 5) is 16.3. The largest absolute Gasteiger partial charge is 0.321 e. The number of hydrogen-bond acceptors (Lipinski definition) is 3. The number of aromatic nitrogens is 1. The third-order valence-electron chi connectivity index (χ3n) is 3.04. The fourth-order valence-electron chi connectivity index (χ4n) is 1.80. The molecule has 2 aromatic rings. The Morgan fingerprint density at radius 2 is 1.85 bits per heavy atom. The molecule has 0 atom stereocenters. The number of amides is 1. The summed E-state index contributed by atoms with van der Waals surface area (Å²) in [6, 6.07) is 11.5. The average Bonchev–Trinajstić information content (AvgIpc) is 2.48. The van der Waals surface area contributed by atoms with Gasteiger partial charge in [0.2, 0.25) is 0 Å². The summed E-state index contributed by atoms with van der Waals surface area (Å²) in [5.41, 5.74) is 2.59. The van der Waals surface area contributed by atoms with Gasteiger partial charge in [-0.15, -0.1) is 11.8 Å². The molecular weight excluding hydrogens is 268 g/mol. The van der Waals surface area contributed by atoms with E-state index in [1.807, 2.05) is 42.7 Å². The molecule has 0 radical (unpaired) electrons. The highest BCUT2D eigenvalue weighted by atomic mass is 32.2. The highest BCUT2D eigenvalue weighted by Crippen LogP contribution is 2.17. The zero-order valence-corrected chi connectivity index (χ0v) is 12.7. The number of nitrogens with zero attached hydrogens (tertiary/aromatic N) is 1. The van der Waals surface area contributed by atoms with Gasteiger partial charge in [0.25, 0.3) is 5.91 Å². The molecule has 0 unspecified atom stereocenters. The molecule has 1 amide bonds. The second kappa shape index (κ2) is 6.57. The predicted octanol–water partition coefficient (Wildman–Crippen LogP) is 4.18. The van der Waals surface area contributed by atoms with E-state index in [4.69, 9.17) is 0 Å². The fourth-order valence-corrected chi connectivity index (χ4v) is 2.16. The minimum Gasteiger partial charge on any atom is -0.321 e. The molecule has 0 aliphatic carbocycles. The number of nitrogens with one attached hydrogen (secondary N) is 1. The summed E-state index contributed by atoms with van der Waals surface area (Å²) in [6.07, 6.45) is 3.64. The van der Waals surface area contributed by atoms with E-state index in [2.05, 4.69) is 24.1 Å². The van der Waals surface area contributed by atoms with Crippen LogP contribution in [-0.4, -0.2) is 17.1 Å². The lowest BCUT2D eigenvalue weighted by Crippen LogP contribution is -2.12. The van der Waals surface area contributed by atoms with Gasteiger partial charge in [-0.25, -0.2) is 4.98 Å². The van der Waals surface area contributed by atoms with E-state index in [1.54, 1.807) is 18.0 Å². The molecule has 1 aromatic heterocycles. The first-order valence-corrected chi connectivity index (χ1v) is 7.74. The number of rotatable bonds is 4. The molecule has 0 fully saturated rings. The number of anilines is 1. The Kier molecular flexibility index (Phi) is 4.79. The maximum absolute atomic E-state index is 12.1. The molecule has 3 nitrogen and oxygen atoms in total. The SMILES string of the molecule is CSc1ccc(NC(=O)c2ccc(C(C)C)cc2)cn1. The van der Waals surface area contributed by atoms with Gasteiger partial charge in [-0.05, 0) is 42.0 Å². The average molecular weight is 286 g/mol. The fraction of sp³-hybridized carbons (Fsp3) is 0.250. The monoisotopic (exact) mass is 286 g/mol. The van der Waals surface area contributed by atoms with Gasteiger partial charge >= 0.3 is 0 Å². The van der Waals surface area contributed by atoms with E-state index in [0.717, 1.165) is 5.03 Å². The topological polar surface area (TPSA) is 42.0 Å². The van der Waals surface area contributed by atoms with Crippen LogP contribution in [0.4, 0.5) is 5.69 Å². The first kappa shape index (κ1) is 14.6. The molecule has 104 valence electrons. The minimum absolute atomic E-state index is 0.112. The Hall–Kier alpha value is -1.81. The molecule has 20 heavy (non-hydrogen) atoms. The molecule has 1 N–H and O–H groups in total. The lowest BCUT2D eigenvalue weighted by Gasteiger charge is -2.08. The molecule has 0 aliphatic rings. The van der Waals surface area contributed by atoms with Crippen molar-refractivity contribution in [3.05, 3.63) is 53.7 Å². The van der Waals surface area contributed by atoms with Crippen molar-refractivity contribution in [1.82, 2.24) is 4.98 Å². The van der Waals surface area contributed by atoms with Crippen LogP contribution in [0.2, 0.25) is 0 Å². The standard InChI is InChI=1S/C16H18N2OS/c1-11(2)12-4-6-13(7-5-12)16(19)18-14-8-9-15(20-3)17-10-14/h4-11H,1-3H3,(H,18,19). The Morgan fingerprint density at radius 3 is 2.35 bits per heavy atom. The zero-order chi connectivity index (χ0) is 14.5. The Labute approximate surface area is 123 Å². The van der Waals surface area contributed by atoms with Gasteiger partial charge in [-0.1, -0.05) is 26.0 Å². The molecule has 0 spiro atoms. The van der Waals surface area contributed by atoms with Crippen molar-refractivity contribution in [2.24, 2.45) is 0 Å². The quantitative estimate of drug-likeness (QED) is 0.857. The van der Waals surface area contributed by atoms with Gasteiger partial charge < -0.3 is 5.32 Å². The summed E-state index contributed by atoms with van der Waals surface area (Å²) >= 11 is 1.57.